The third kappa shape index (κ3) is 1.32. The van der Waals surface area contributed by atoms with Gasteiger partial charge in [0.25, 0.3) is 0 Å². The topological polar surface area (TPSA) is 17.8 Å². The van der Waals surface area contributed by atoms with Crippen molar-refractivity contribution in [2.45, 2.75) is 51.0 Å². The molecule has 3 atom stereocenters. The van der Waals surface area contributed by atoms with Crippen LogP contribution in [0.1, 0.15) is 49.7 Å². The number of hydrogen-bond donors (Lipinski definition) is 0. The molecular formula is C12H14F4N2. The van der Waals surface area contributed by atoms with Gasteiger partial charge in [0.15, 0.2) is 5.69 Å². The van der Waals surface area contributed by atoms with Crippen LogP contribution in [0.5, 0.6) is 0 Å². The molecule has 1 aromatic heterocycles. The molecule has 1 aromatic rings. The quantitative estimate of drug-likeness (QED) is 0.708. The molecule has 100 valence electrons. The maximum Gasteiger partial charge on any atom is 0.435 e. The number of nitrogens with zero attached hydrogens (tertiary/aromatic N) is 2. The van der Waals surface area contributed by atoms with E-state index in [2.05, 4.69) is 5.10 Å². The van der Waals surface area contributed by atoms with Crippen LogP contribution in [-0.2, 0) is 12.6 Å². The van der Waals surface area contributed by atoms with E-state index in [1.54, 1.807) is 13.8 Å². The SMILES string of the molecule is CC(C)n1nc(C(F)(F)F)c2c1CC1C2C1(C)F. The largest absolute Gasteiger partial charge is 0.435 e. The second-order valence-electron chi connectivity index (χ2n) is 5.68. The molecule has 6 heteroatoms. The number of hydrogen-bond acceptors (Lipinski definition) is 1. The van der Waals surface area contributed by atoms with Crippen LogP contribution in [-0.4, -0.2) is 15.4 Å². The fourth-order valence-electron chi connectivity index (χ4n) is 3.23. The molecule has 0 N–H and O–H groups in total. The Balaban J connectivity index is 2.16. The van der Waals surface area contributed by atoms with Crippen molar-refractivity contribution in [2.24, 2.45) is 5.92 Å². The number of rotatable bonds is 1. The van der Waals surface area contributed by atoms with E-state index in [0.717, 1.165) is 0 Å². The van der Waals surface area contributed by atoms with Gasteiger partial charge < -0.3 is 0 Å². The van der Waals surface area contributed by atoms with E-state index in [0.29, 0.717) is 12.1 Å². The van der Waals surface area contributed by atoms with Crippen molar-refractivity contribution in [3.63, 3.8) is 0 Å². The Labute approximate surface area is 102 Å². The van der Waals surface area contributed by atoms with Crippen LogP contribution < -0.4 is 0 Å². The van der Waals surface area contributed by atoms with Gasteiger partial charge in [0.1, 0.15) is 5.67 Å². The van der Waals surface area contributed by atoms with Crippen molar-refractivity contribution in [3.8, 4) is 0 Å². The fourth-order valence-corrected chi connectivity index (χ4v) is 3.23. The zero-order chi connectivity index (χ0) is 13.5. The predicted octanol–water partition coefficient (Wildman–Crippen LogP) is 3.48. The molecule has 0 aromatic carbocycles. The molecule has 0 amide bonds. The lowest BCUT2D eigenvalue weighted by Crippen LogP contribution is -2.11. The third-order valence-corrected chi connectivity index (χ3v) is 4.16. The van der Waals surface area contributed by atoms with E-state index in [-0.39, 0.29) is 17.5 Å². The summed E-state index contributed by atoms with van der Waals surface area (Å²) >= 11 is 0. The molecule has 2 nitrogen and oxygen atoms in total. The highest BCUT2D eigenvalue weighted by molar-refractivity contribution is 5.48. The summed E-state index contributed by atoms with van der Waals surface area (Å²) in [5, 5.41) is 3.67. The molecule has 0 saturated heterocycles. The van der Waals surface area contributed by atoms with Crippen LogP contribution in [0.3, 0.4) is 0 Å². The van der Waals surface area contributed by atoms with E-state index in [4.69, 9.17) is 0 Å². The number of aromatic nitrogens is 2. The average molecular weight is 262 g/mol. The normalized spacial score (nSPS) is 33.8. The molecule has 0 aliphatic heterocycles. The molecule has 2 aliphatic carbocycles. The summed E-state index contributed by atoms with van der Waals surface area (Å²) in [4.78, 5) is 0. The summed E-state index contributed by atoms with van der Waals surface area (Å²) in [6.07, 6.45) is -4.13. The first-order valence-electron chi connectivity index (χ1n) is 6.03. The van der Waals surface area contributed by atoms with Gasteiger partial charge in [-0.3, -0.25) is 4.68 Å². The first kappa shape index (κ1) is 12.0. The molecule has 1 saturated carbocycles. The lowest BCUT2D eigenvalue weighted by molar-refractivity contribution is -0.142. The lowest BCUT2D eigenvalue weighted by atomic mass is 10.1. The van der Waals surface area contributed by atoms with Gasteiger partial charge in [-0.2, -0.15) is 18.3 Å². The van der Waals surface area contributed by atoms with E-state index < -0.39 is 23.5 Å². The molecule has 3 rings (SSSR count). The number of alkyl halides is 4. The Morgan fingerprint density at radius 1 is 1.39 bits per heavy atom. The van der Waals surface area contributed by atoms with Crippen molar-refractivity contribution in [3.05, 3.63) is 17.0 Å². The minimum absolute atomic E-state index is 0.103. The van der Waals surface area contributed by atoms with E-state index in [1.807, 2.05) is 0 Å². The predicted molar refractivity (Wildman–Crippen MR) is 57.1 cm³/mol. The average Bonchev–Trinajstić information content (AvgIpc) is 2.58. The second kappa shape index (κ2) is 3.08. The molecule has 0 bridgehead atoms. The van der Waals surface area contributed by atoms with Crippen molar-refractivity contribution < 1.29 is 17.6 Å². The third-order valence-electron chi connectivity index (χ3n) is 4.16. The maximum atomic E-state index is 14.0. The molecule has 18 heavy (non-hydrogen) atoms. The minimum atomic E-state index is -4.50. The highest BCUT2D eigenvalue weighted by Gasteiger charge is 2.69. The Kier molecular flexibility index (Phi) is 2.05. The van der Waals surface area contributed by atoms with Crippen LogP contribution in [0, 0.1) is 5.92 Å². The minimum Gasteiger partial charge on any atom is -0.266 e. The van der Waals surface area contributed by atoms with Crippen LogP contribution in [0.15, 0.2) is 0 Å². The zero-order valence-electron chi connectivity index (χ0n) is 10.3. The molecule has 0 spiro atoms. The van der Waals surface area contributed by atoms with Gasteiger partial charge in [-0.05, 0) is 27.2 Å². The van der Waals surface area contributed by atoms with Crippen LogP contribution >= 0.6 is 0 Å². The number of fused-ring (bicyclic) bond motifs is 3. The van der Waals surface area contributed by atoms with Crippen molar-refractivity contribution in [2.75, 3.05) is 0 Å². The smallest absolute Gasteiger partial charge is 0.266 e. The van der Waals surface area contributed by atoms with Gasteiger partial charge in [0, 0.05) is 29.1 Å². The summed E-state index contributed by atoms with van der Waals surface area (Å²) < 4.78 is 54.3. The molecular weight excluding hydrogens is 248 g/mol. The summed E-state index contributed by atoms with van der Waals surface area (Å²) in [7, 11) is 0. The van der Waals surface area contributed by atoms with Gasteiger partial charge in [-0.25, -0.2) is 4.39 Å². The van der Waals surface area contributed by atoms with Crippen LogP contribution in [0.4, 0.5) is 17.6 Å². The Bertz CT molecular complexity index is 513. The van der Waals surface area contributed by atoms with Crippen molar-refractivity contribution in [1.82, 2.24) is 9.78 Å². The van der Waals surface area contributed by atoms with E-state index in [1.165, 1.54) is 11.6 Å². The lowest BCUT2D eigenvalue weighted by Gasteiger charge is -2.11. The first-order chi connectivity index (χ1) is 8.15. The highest BCUT2D eigenvalue weighted by atomic mass is 19.4. The van der Waals surface area contributed by atoms with Crippen LogP contribution in [0.25, 0.3) is 0 Å². The Hall–Kier alpha value is -1.07. The van der Waals surface area contributed by atoms with Crippen molar-refractivity contribution in [1.29, 1.82) is 0 Å². The summed E-state index contributed by atoms with van der Waals surface area (Å²) in [6.45, 7) is 4.95. The first-order valence-corrected chi connectivity index (χ1v) is 6.03. The zero-order valence-corrected chi connectivity index (χ0v) is 10.3. The summed E-state index contributed by atoms with van der Waals surface area (Å²) in [5.41, 5.74) is -1.70. The monoisotopic (exact) mass is 262 g/mol. The summed E-state index contributed by atoms with van der Waals surface area (Å²) in [5.74, 6) is -0.909. The van der Waals surface area contributed by atoms with Crippen molar-refractivity contribution >= 4 is 0 Å². The molecule has 2 aliphatic rings. The van der Waals surface area contributed by atoms with Gasteiger partial charge in [0.2, 0.25) is 0 Å². The van der Waals surface area contributed by atoms with Gasteiger partial charge in [0.05, 0.1) is 0 Å². The molecule has 1 fully saturated rings. The Morgan fingerprint density at radius 2 is 2.00 bits per heavy atom. The van der Waals surface area contributed by atoms with E-state index >= 15 is 0 Å². The van der Waals surface area contributed by atoms with Gasteiger partial charge in [-0.15, -0.1) is 0 Å². The van der Waals surface area contributed by atoms with E-state index in [9.17, 15) is 17.6 Å². The van der Waals surface area contributed by atoms with Gasteiger partial charge in [-0.1, -0.05) is 0 Å². The standard InChI is InChI=1S/C12H14F4N2/c1-5(2)18-7-4-6-9(11(6,3)13)8(7)10(17-18)12(14,15)16/h5-6,9H,4H2,1-3H3. The number of halogens is 4. The summed E-state index contributed by atoms with van der Waals surface area (Å²) in [6, 6.07) is -0.141. The Morgan fingerprint density at radius 3 is 2.50 bits per heavy atom. The van der Waals surface area contributed by atoms with Crippen LogP contribution in [0.2, 0.25) is 0 Å². The highest BCUT2D eigenvalue weighted by Crippen LogP contribution is 2.68. The molecule has 1 heterocycles. The fraction of sp³-hybridized carbons (Fsp3) is 0.750. The maximum absolute atomic E-state index is 14.0. The van der Waals surface area contributed by atoms with Gasteiger partial charge >= 0.3 is 6.18 Å². The second-order valence-corrected chi connectivity index (χ2v) is 5.68. The molecule has 0 radical (unpaired) electrons. The molecule has 3 unspecified atom stereocenters.